The van der Waals surface area contributed by atoms with Gasteiger partial charge in [-0.05, 0) is 73.8 Å². The van der Waals surface area contributed by atoms with Gasteiger partial charge in [-0.1, -0.05) is 45.4 Å². The average molecular weight is 549 g/mol. The molecule has 0 N–H and O–H groups in total. The minimum atomic E-state index is 0.0839. The van der Waals surface area contributed by atoms with E-state index in [0.29, 0.717) is 12.2 Å². The molecule has 0 unspecified atom stereocenters. The molecule has 3 aliphatic rings. The fourth-order valence-corrected chi connectivity index (χ4v) is 6.38. The Hall–Kier alpha value is -2.64. The van der Waals surface area contributed by atoms with Gasteiger partial charge in [0.2, 0.25) is 0 Å². The fourth-order valence-electron chi connectivity index (χ4n) is 6.38. The van der Waals surface area contributed by atoms with Crippen molar-refractivity contribution in [3.63, 3.8) is 0 Å². The van der Waals surface area contributed by atoms with E-state index in [1.54, 1.807) is 7.11 Å². The van der Waals surface area contributed by atoms with Crippen LogP contribution in [0.5, 0.6) is 11.5 Å². The monoisotopic (exact) mass is 548 g/mol. The Labute approximate surface area is 240 Å². The molecule has 0 saturated carbocycles. The molecule has 0 aliphatic carbocycles. The number of nitrogens with zero attached hydrogens (tertiary/aromatic N) is 4. The summed E-state index contributed by atoms with van der Waals surface area (Å²) in [5.41, 5.74) is 1.42. The molecule has 40 heavy (non-hydrogen) atoms. The number of amides is 1. The molecule has 0 bridgehead atoms. The molecule has 2 aromatic rings. The molecule has 3 heterocycles. The van der Waals surface area contributed by atoms with E-state index in [9.17, 15) is 4.79 Å². The van der Waals surface area contributed by atoms with Crippen molar-refractivity contribution in [3.8, 4) is 11.5 Å². The van der Waals surface area contributed by atoms with Gasteiger partial charge in [-0.15, -0.1) is 0 Å². The summed E-state index contributed by atoms with van der Waals surface area (Å²) >= 11 is 0. The van der Waals surface area contributed by atoms with Crippen LogP contribution < -0.4 is 9.47 Å². The van der Waals surface area contributed by atoms with Gasteiger partial charge in [0.25, 0.3) is 5.91 Å². The number of carbonyl (C=O) groups is 1. The van der Waals surface area contributed by atoms with Crippen LogP contribution in [0, 0.1) is 0 Å². The van der Waals surface area contributed by atoms with Crippen molar-refractivity contribution in [2.45, 2.75) is 77.2 Å². The Bertz CT molecular complexity index is 1160. The molecule has 0 aromatic heterocycles. The Morgan fingerprint density at radius 1 is 0.825 bits per heavy atom. The quantitative estimate of drug-likeness (QED) is 0.259. The van der Waals surface area contributed by atoms with Crippen molar-refractivity contribution in [2.75, 3.05) is 59.5 Å². The van der Waals surface area contributed by atoms with E-state index in [4.69, 9.17) is 9.47 Å². The summed E-state index contributed by atoms with van der Waals surface area (Å²) in [6.07, 6.45) is 14.2. The van der Waals surface area contributed by atoms with Crippen molar-refractivity contribution in [1.29, 1.82) is 0 Å². The highest BCUT2D eigenvalue weighted by Crippen LogP contribution is 2.37. The van der Waals surface area contributed by atoms with Gasteiger partial charge in [-0.2, -0.15) is 0 Å². The predicted octanol–water partition coefficient (Wildman–Crippen LogP) is 6.31. The predicted molar refractivity (Wildman–Crippen MR) is 164 cm³/mol. The number of fused-ring (bicyclic) bond motifs is 3. The maximum absolute atomic E-state index is 13.2. The zero-order valence-electron chi connectivity index (χ0n) is 24.7. The van der Waals surface area contributed by atoms with E-state index in [2.05, 4.69) is 21.7 Å². The number of aliphatic imine (C=N–C) groups is 1. The smallest absolute Gasteiger partial charge is 0.256 e. The molecule has 2 fully saturated rings. The number of unbranched alkanes of at least 4 members (excludes halogenated alkanes) is 7. The number of rotatable bonds is 14. The number of ether oxygens (including phenoxy) is 2. The summed E-state index contributed by atoms with van der Waals surface area (Å²) in [6, 6.07) is 8.11. The highest BCUT2D eigenvalue weighted by molar-refractivity contribution is 6.07. The molecule has 2 aromatic carbocycles. The van der Waals surface area contributed by atoms with E-state index >= 15 is 0 Å². The summed E-state index contributed by atoms with van der Waals surface area (Å²) in [7, 11) is 1.68. The standard InChI is InChI=1S/C33H48N4O3/c1-3-35-16-18-36(19-17-35)14-10-8-6-4-5-7-9-11-20-40-32-24-26-21-29-30(22-27(26)23-31(32)39-2)34-25-28-13-12-15-37(28)33(29)38/h21-25,28H,3-20H2,1-2H3/t28-/m0/s1. The first kappa shape index (κ1) is 28.9. The second-order valence-corrected chi connectivity index (χ2v) is 11.7. The third-order valence-electron chi connectivity index (χ3n) is 8.95. The second kappa shape index (κ2) is 14.3. The molecule has 218 valence electrons. The van der Waals surface area contributed by atoms with Crippen LogP contribution in [0.3, 0.4) is 0 Å². The van der Waals surface area contributed by atoms with Gasteiger partial charge in [0.15, 0.2) is 11.5 Å². The highest BCUT2D eigenvalue weighted by atomic mass is 16.5. The van der Waals surface area contributed by atoms with Crippen molar-refractivity contribution in [2.24, 2.45) is 4.99 Å². The molecule has 0 spiro atoms. The van der Waals surface area contributed by atoms with Crippen molar-refractivity contribution < 1.29 is 14.3 Å². The van der Waals surface area contributed by atoms with E-state index in [1.807, 2.05) is 35.4 Å². The molecule has 7 nitrogen and oxygen atoms in total. The van der Waals surface area contributed by atoms with E-state index in [1.165, 1.54) is 84.2 Å². The van der Waals surface area contributed by atoms with Crippen molar-refractivity contribution in [1.82, 2.24) is 14.7 Å². The molecule has 7 heteroatoms. The molecule has 5 rings (SSSR count). The summed E-state index contributed by atoms with van der Waals surface area (Å²) in [6.45, 7) is 11.2. The van der Waals surface area contributed by atoms with Gasteiger partial charge in [0, 0.05) is 38.9 Å². The normalized spacial score (nSPS) is 19.6. The lowest BCUT2D eigenvalue weighted by molar-refractivity contribution is 0.0775. The summed E-state index contributed by atoms with van der Waals surface area (Å²) in [5, 5.41) is 1.99. The Morgan fingerprint density at radius 3 is 2.25 bits per heavy atom. The molecule has 2 saturated heterocycles. The van der Waals surface area contributed by atoms with Gasteiger partial charge in [-0.25, -0.2) is 0 Å². The third kappa shape index (κ3) is 7.16. The molecular formula is C33H48N4O3. The number of piperazine rings is 1. The minimum absolute atomic E-state index is 0.0839. The second-order valence-electron chi connectivity index (χ2n) is 11.7. The summed E-state index contributed by atoms with van der Waals surface area (Å²) < 4.78 is 11.8. The average Bonchev–Trinajstić information content (AvgIpc) is 3.42. The van der Waals surface area contributed by atoms with Gasteiger partial charge in [0.1, 0.15) is 0 Å². The largest absolute Gasteiger partial charge is 0.493 e. The summed E-state index contributed by atoms with van der Waals surface area (Å²) in [4.78, 5) is 25.0. The third-order valence-corrected chi connectivity index (χ3v) is 8.95. The topological polar surface area (TPSA) is 57.6 Å². The lowest BCUT2D eigenvalue weighted by atomic mass is 10.0. The molecular weight excluding hydrogens is 500 g/mol. The number of hydrogen-bond donors (Lipinski definition) is 0. The molecule has 1 amide bonds. The maximum Gasteiger partial charge on any atom is 0.256 e. The van der Waals surface area contributed by atoms with Crippen LogP contribution in [-0.2, 0) is 0 Å². The van der Waals surface area contributed by atoms with Crippen LogP contribution in [0.4, 0.5) is 5.69 Å². The fraction of sp³-hybridized carbons (Fsp3) is 0.636. The van der Waals surface area contributed by atoms with Gasteiger partial charge >= 0.3 is 0 Å². The maximum atomic E-state index is 13.2. The summed E-state index contributed by atoms with van der Waals surface area (Å²) in [5.74, 6) is 1.56. The SMILES string of the molecule is CCN1CCN(CCCCCCCCCCOc2cc3cc4c(cc3cc2OC)N=C[C@@H]2CCCN2C4=O)CC1. The molecule has 0 radical (unpaired) electrons. The van der Waals surface area contributed by atoms with Crippen LogP contribution in [0.15, 0.2) is 29.3 Å². The Balaban J connectivity index is 1.02. The Kier molecular flexibility index (Phi) is 10.3. The van der Waals surface area contributed by atoms with Crippen LogP contribution >= 0.6 is 0 Å². The molecule has 1 atom stereocenters. The van der Waals surface area contributed by atoms with Crippen LogP contribution in [0.25, 0.3) is 10.8 Å². The minimum Gasteiger partial charge on any atom is -0.493 e. The highest BCUT2D eigenvalue weighted by Gasteiger charge is 2.31. The van der Waals surface area contributed by atoms with Crippen LogP contribution in [0.2, 0.25) is 0 Å². The van der Waals surface area contributed by atoms with Gasteiger partial charge in [0.05, 0.1) is 31.0 Å². The molecule has 3 aliphatic heterocycles. The first-order valence-corrected chi connectivity index (χ1v) is 15.7. The van der Waals surface area contributed by atoms with Gasteiger partial charge in [-0.3, -0.25) is 9.79 Å². The Morgan fingerprint density at radius 2 is 1.50 bits per heavy atom. The number of hydrogen-bond acceptors (Lipinski definition) is 6. The number of methoxy groups -OCH3 is 1. The zero-order chi connectivity index (χ0) is 27.7. The number of carbonyl (C=O) groups excluding carboxylic acids is 1. The van der Waals surface area contributed by atoms with Crippen molar-refractivity contribution in [3.05, 3.63) is 29.8 Å². The number of benzene rings is 2. The lowest BCUT2D eigenvalue weighted by Crippen LogP contribution is -2.46. The van der Waals surface area contributed by atoms with E-state index in [-0.39, 0.29) is 11.9 Å². The van der Waals surface area contributed by atoms with Gasteiger partial charge < -0.3 is 24.2 Å². The first-order chi connectivity index (χ1) is 19.7. The van der Waals surface area contributed by atoms with Crippen molar-refractivity contribution >= 4 is 28.6 Å². The lowest BCUT2D eigenvalue weighted by Gasteiger charge is -2.33. The van der Waals surface area contributed by atoms with E-state index < -0.39 is 0 Å². The zero-order valence-corrected chi connectivity index (χ0v) is 24.7. The first-order valence-electron chi connectivity index (χ1n) is 15.7. The van der Waals surface area contributed by atoms with E-state index in [0.717, 1.165) is 53.8 Å². The van der Waals surface area contributed by atoms with Crippen LogP contribution in [-0.4, -0.2) is 92.4 Å². The van der Waals surface area contributed by atoms with Crippen LogP contribution in [0.1, 0.15) is 81.5 Å². The number of likely N-dealkylation sites (N-methyl/N-ethyl adjacent to an activating group) is 1.